The van der Waals surface area contributed by atoms with Gasteiger partial charge in [0, 0.05) is 27.7 Å². The Labute approximate surface area is 157 Å². The highest BCUT2D eigenvalue weighted by molar-refractivity contribution is 6.31. The van der Waals surface area contributed by atoms with Crippen molar-refractivity contribution in [2.45, 2.75) is 32.1 Å². The number of carbonyl (C=O) groups excluding carboxylic acids is 1. The number of aromatic amines is 1. The molecule has 134 valence electrons. The maximum atomic E-state index is 13.1. The molecule has 0 saturated carbocycles. The monoisotopic (exact) mass is 368 g/mol. The number of aryl methyl sites for hydroxylation is 2. The van der Waals surface area contributed by atoms with Gasteiger partial charge in [0.25, 0.3) is 0 Å². The molecule has 1 amide bonds. The number of H-pyrrole nitrogens is 1. The second kappa shape index (κ2) is 6.69. The van der Waals surface area contributed by atoms with Crippen molar-refractivity contribution in [3.05, 3.63) is 58.2 Å². The first-order valence-electron chi connectivity index (χ1n) is 8.83. The van der Waals surface area contributed by atoms with Crippen LogP contribution in [0.5, 0.6) is 5.75 Å². The number of nitrogens with one attached hydrogen (secondary N) is 2. The Bertz CT molecular complexity index is 993. The number of fused-ring (bicyclic) bond motifs is 3. The van der Waals surface area contributed by atoms with Crippen LogP contribution in [0, 0.1) is 6.92 Å². The molecule has 2 aromatic carbocycles. The molecule has 5 heteroatoms. The Morgan fingerprint density at radius 3 is 2.92 bits per heavy atom. The maximum absolute atomic E-state index is 13.1. The topological polar surface area (TPSA) is 54.1 Å². The molecule has 1 atom stereocenters. The summed E-state index contributed by atoms with van der Waals surface area (Å²) >= 11 is 6.16. The van der Waals surface area contributed by atoms with Crippen molar-refractivity contribution in [1.29, 1.82) is 0 Å². The van der Waals surface area contributed by atoms with Crippen LogP contribution in [-0.2, 0) is 11.2 Å². The third-order valence-electron chi connectivity index (χ3n) is 5.17. The third-order valence-corrected chi connectivity index (χ3v) is 5.58. The molecular weight excluding hydrogens is 348 g/mol. The fourth-order valence-corrected chi connectivity index (χ4v) is 3.98. The molecule has 4 nitrogen and oxygen atoms in total. The summed E-state index contributed by atoms with van der Waals surface area (Å²) in [5.74, 6) is 0.367. The summed E-state index contributed by atoms with van der Waals surface area (Å²) < 4.78 is 5.38. The second-order valence-electron chi connectivity index (χ2n) is 6.80. The fourth-order valence-electron chi connectivity index (χ4n) is 3.83. The lowest BCUT2D eigenvalue weighted by molar-refractivity contribution is -0.118. The summed E-state index contributed by atoms with van der Waals surface area (Å²) in [7, 11) is 1.58. The van der Waals surface area contributed by atoms with E-state index in [0.29, 0.717) is 16.5 Å². The van der Waals surface area contributed by atoms with Crippen molar-refractivity contribution in [2.75, 3.05) is 12.4 Å². The van der Waals surface area contributed by atoms with Crippen LogP contribution < -0.4 is 10.1 Å². The number of anilines is 1. The number of rotatable bonds is 3. The minimum absolute atomic E-state index is 0.0162. The Morgan fingerprint density at radius 1 is 1.31 bits per heavy atom. The van der Waals surface area contributed by atoms with Crippen LogP contribution in [0.1, 0.15) is 35.6 Å². The molecule has 1 aromatic heterocycles. The highest BCUT2D eigenvalue weighted by Crippen LogP contribution is 2.38. The molecule has 4 rings (SSSR count). The summed E-state index contributed by atoms with van der Waals surface area (Å²) in [6.07, 6.45) is 2.84. The minimum atomic E-state index is -0.188. The molecule has 1 aliphatic carbocycles. The standard InChI is InChI=1S/C21H21ClN2O2/c1-12-10-18(19(26-2)11-16(12)22)24-21(25)15-8-5-7-14-13-6-3-4-9-17(13)23-20(14)15/h3-4,6,9-11,15,23H,5,7-8H2,1-2H3,(H,24,25). The SMILES string of the molecule is COc1cc(Cl)c(C)cc1NC(=O)C1CCCc2c1[nH]c1ccccc21. The normalized spacial score (nSPS) is 16.3. The van der Waals surface area contributed by atoms with E-state index in [-0.39, 0.29) is 11.8 Å². The van der Waals surface area contributed by atoms with Crippen molar-refractivity contribution >= 4 is 34.1 Å². The van der Waals surface area contributed by atoms with Crippen molar-refractivity contribution in [2.24, 2.45) is 0 Å². The number of para-hydroxylation sites is 1. The van der Waals surface area contributed by atoms with Gasteiger partial charge in [-0.2, -0.15) is 0 Å². The van der Waals surface area contributed by atoms with Gasteiger partial charge in [-0.15, -0.1) is 0 Å². The van der Waals surface area contributed by atoms with Crippen LogP contribution in [-0.4, -0.2) is 18.0 Å². The molecule has 0 fully saturated rings. The molecule has 0 bridgehead atoms. The van der Waals surface area contributed by atoms with Crippen molar-refractivity contribution < 1.29 is 9.53 Å². The van der Waals surface area contributed by atoms with Gasteiger partial charge in [0.15, 0.2) is 0 Å². The first kappa shape index (κ1) is 17.0. The van der Waals surface area contributed by atoms with Gasteiger partial charge in [-0.3, -0.25) is 4.79 Å². The zero-order valence-corrected chi connectivity index (χ0v) is 15.6. The van der Waals surface area contributed by atoms with Gasteiger partial charge in [-0.05, 0) is 49.4 Å². The lowest BCUT2D eigenvalue weighted by Crippen LogP contribution is -2.25. The van der Waals surface area contributed by atoms with Crippen LogP contribution in [0.25, 0.3) is 10.9 Å². The summed E-state index contributed by atoms with van der Waals surface area (Å²) in [6, 6.07) is 11.8. The van der Waals surface area contributed by atoms with E-state index in [2.05, 4.69) is 22.4 Å². The van der Waals surface area contributed by atoms with Gasteiger partial charge >= 0.3 is 0 Å². The van der Waals surface area contributed by atoms with Gasteiger partial charge in [0.05, 0.1) is 18.7 Å². The molecule has 2 N–H and O–H groups in total. The number of halogens is 1. The fraction of sp³-hybridized carbons (Fsp3) is 0.286. The first-order valence-corrected chi connectivity index (χ1v) is 9.20. The van der Waals surface area contributed by atoms with E-state index in [0.717, 1.165) is 36.0 Å². The van der Waals surface area contributed by atoms with E-state index >= 15 is 0 Å². The third kappa shape index (κ3) is 2.84. The molecule has 1 heterocycles. The molecule has 0 spiro atoms. The highest BCUT2D eigenvalue weighted by atomic mass is 35.5. The van der Waals surface area contributed by atoms with E-state index in [1.54, 1.807) is 13.2 Å². The molecular formula is C21H21ClN2O2. The van der Waals surface area contributed by atoms with Gasteiger partial charge in [0.2, 0.25) is 5.91 Å². The molecule has 0 radical (unpaired) electrons. The number of amides is 1. The number of hydrogen-bond acceptors (Lipinski definition) is 2. The second-order valence-corrected chi connectivity index (χ2v) is 7.21. The van der Waals surface area contributed by atoms with Crippen LogP contribution in [0.15, 0.2) is 36.4 Å². The van der Waals surface area contributed by atoms with Crippen molar-refractivity contribution in [3.8, 4) is 5.75 Å². The lowest BCUT2D eigenvalue weighted by atomic mass is 9.86. The van der Waals surface area contributed by atoms with Gasteiger partial charge in [-0.25, -0.2) is 0 Å². The predicted molar refractivity (Wildman–Crippen MR) is 105 cm³/mol. The number of ether oxygens (including phenoxy) is 1. The van der Waals surface area contributed by atoms with Crippen LogP contribution in [0.2, 0.25) is 5.02 Å². The summed E-state index contributed by atoms with van der Waals surface area (Å²) in [5.41, 5.74) is 4.96. The minimum Gasteiger partial charge on any atom is -0.495 e. The molecule has 26 heavy (non-hydrogen) atoms. The lowest BCUT2D eigenvalue weighted by Gasteiger charge is -2.22. The number of benzene rings is 2. The average molecular weight is 369 g/mol. The van der Waals surface area contributed by atoms with E-state index in [1.165, 1.54) is 10.9 Å². The number of aromatic nitrogens is 1. The molecule has 3 aromatic rings. The van der Waals surface area contributed by atoms with Gasteiger partial charge in [0.1, 0.15) is 5.75 Å². The highest BCUT2D eigenvalue weighted by Gasteiger charge is 2.30. The number of carbonyl (C=O) groups is 1. The van der Waals surface area contributed by atoms with Crippen LogP contribution in [0.3, 0.4) is 0 Å². The first-order chi connectivity index (χ1) is 12.6. The smallest absolute Gasteiger partial charge is 0.233 e. The Balaban J connectivity index is 1.68. The van der Waals surface area contributed by atoms with Gasteiger partial charge < -0.3 is 15.0 Å². The van der Waals surface area contributed by atoms with Crippen molar-refractivity contribution in [3.63, 3.8) is 0 Å². The zero-order chi connectivity index (χ0) is 18.3. The van der Waals surface area contributed by atoms with E-state index < -0.39 is 0 Å². The van der Waals surface area contributed by atoms with E-state index in [4.69, 9.17) is 16.3 Å². The average Bonchev–Trinajstić information content (AvgIpc) is 3.03. The van der Waals surface area contributed by atoms with Crippen molar-refractivity contribution in [1.82, 2.24) is 4.98 Å². The maximum Gasteiger partial charge on any atom is 0.233 e. The Morgan fingerprint density at radius 2 is 2.12 bits per heavy atom. The van der Waals surface area contributed by atoms with Crippen LogP contribution >= 0.6 is 11.6 Å². The summed E-state index contributed by atoms with van der Waals surface area (Å²) in [6.45, 7) is 1.91. The number of hydrogen-bond donors (Lipinski definition) is 2. The zero-order valence-electron chi connectivity index (χ0n) is 14.9. The quantitative estimate of drug-likeness (QED) is 0.667. The summed E-state index contributed by atoms with van der Waals surface area (Å²) in [5, 5.41) is 4.88. The Hall–Kier alpha value is -2.46. The largest absolute Gasteiger partial charge is 0.495 e. The predicted octanol–water partition coefficient (Wildman–Crippen LogP) is 5.20. The van der Waals surface area contributed by atoms with Crippen LogP contribution in [0.4, 0.5) is 5.69 Å². The van der Waals surface area contributed by atoms with E-state index in [1.807, 2.05) is 25.1 Å². The molecule has 0 aliphatic heterocycles. The molecule has 1 aliphatic rings. The number of methoxy groups -OCH3 is 1. The molecule has 0 saturated heterocycles. The Kier molecular flexibility index (Phi) is 4.37. The van der Waals surface area contributed by atoms with Gasteiger partial charge in [-0.1, -0.05) is 29.8 Å². The molecule has 1 unspecified atom stereocenters. The van der Waals surface area contributed by atoms with E-state index in [9.17, 15) is 4.79 Å². The summed E-state index contributed by atoms with van der Waals surface area (Å²) in [4.78, 5) is 16.5.